The number of benzene rings is 1. The highest BCUT2D eigenvalue weighted by molar-refractivity contribution is 5.89. The van der Waals surface area contributed by atoms with Gasteiger partial charge in [0.15, 0.2) is 0 Å². The predicted octanol–water partition coefficient (Wildman–Crippen LogP) is 2.05. The monoisotopic (exact) mass is 242 g/mol. The lowest BCUT2D eigenvalue weighted by molar-refractivity contribution is 0.274. The highest BCUT2D eigenvalue weighted by Gasteiger charge is 2.33. The molecule has 1 aliphatic heterocycles. The minimum atomic E-state index is 0.112. The fourth-order valence-electron chi connectivity index (χ4n) is 3.83. The van der Waals surface area contributed by atoms with Crippen LogP contribution in [0.15, 0.2) is 18.2 Å². The number of fused-ring (bicyclic) bond motifs is 2. The van der Waals surface area contributed by atoms with Crippen molar-refractivity contribution in [1.82, 2.24) is 10.3 Å². The Balaban J connectivity index is 1.98. The van der Waals surface area contributed by atoms with Gasteiger partial charge in [-0.2, -0.15) is 0 Å². The standard InChI is InChI=1S/C15H18N2O/c18-8-14-11-7-13-9(4-2-6-16-13)10-3-1-5-12(17-14)15(10)11/h1,3,5,9,13,16-18H,2,4,6-8H2. The molecule has 2 aromatic rings. The fourth-order valence-corrected chi connectivity index (χ4v) is 3.83. The zero-order valence-corrected chi connectivity index (χ0v) is 10.4. The molecule has 94 valence electrons. The van der Waals surface area contributed by atoms with Gasteiger partial charge in [0, 0.05) is 28.6 Å². The van der Waals surface area contributed by atoms with Gasteiger partial charge in [0.2, 0.25) is 0 Å². The second-order valence-corrected chi connectivity index (χ2v) is 5.52. The van der Waals surface area contributed by atoms with E-state index in [1.807, 2.05) is 0 Å². The molecule has 4 rings (SSSR count). The molecule has 0 saturated carbocycles. The molecule has 2 unspecified atom stereocenters. The van der Waals surface area contributed by atoms with E-state index < -0.39 is 0 Å². The van der Waals surface area contributed by atoms with Gasteiger partial charge in [0.1, 0.15) is 0 Å². The van der Waals surface area contributed by atoms with Crippen molar-refractivity contribution in [3.05, 3.63) is 35.0 Å². The molecular formula is C15H18N2O. The average molecular weight is 242 g/mol. The van der Waals surface area contributed by atoms with Crippen molar-refractivity contribution in [3.63, 3.8) is 0 Å². The van der Waals surface area contributed by atoms with Crippen LogP contribution < -0.4 is 5.32 Å². The molecule has 1 aliphatic carbocycles. The van der Waals surface area contributed by atoms with Crippen molar-refractivity contribution in [2.75, 3.05) is 6.54 Å². The van der Waals surface area contributed by atoms with Crippen LogP contribution in [0.3, 0.4) is 0 Å². The number of aliphatic hydroxyl groups excluding tert-OH is 1. The summed E-state index contributed by atoms with van der Waals surface area (Å²) in [5.74, 6) is 0.650. The third-order valence-corrected chi connectivity index (χ3v) is 4.61. The normalized spacial score (nSPS) is 26.3. The number of rotatable bonds is 1. The molecule has 1 aromatic heterocycles. The SMILES string of the molecule is OCc1[nH]c2cccc3c2c1CC1NCCCC31. The van der Waals surface area contributed by atoms with Crippen LogP contribution >= 0.6 is 0 Å². The number of aliphatic hydroxyl groups is 1. The first kappa shape index (κ1) is 10.6. The lowest BCUT2D eigenvalue weighted by Crippen LogP contribution is -2.43. The molecule has 0 amide bonds. The summed E-state index contributed by atoms with van der Waals surface area (Å²) in [4.78, 5) is 3.38. The third kappa shape index (κ3) is 1.32. The minimum Gasteiger partial charge on any atom is -0.390 e. The Hall–Kier alpha value is -1.32. The molecule has 0 radical (unpaired) electrons. The number of aromatic nitrogens is 1. The number of hydrogen-bond acceptors (Lipinski definition) is 2. The summed E-state index contributed by atoms with van der Waals surface area (Å²) < 4.78 is 0. The van der Waals surface area contributed by atoms with E-state index in [0.717, 1.165) is 18.7 Å². The van der Waals surface area contributed by atoms with E-state index in [-0.39, 0.29) is 6.61 Å². The average Bonchev–Trinajstić information content (AvgIpc) is 2.79. The van der Waals surface area contributed by atoms with Crippen molar-refractivity contribution < 1.29 is 5.11 Å². The molecule has 2 atom stereocenters. The summed E-state index contributed by atoms with van der Waals surface area (Å²) in [6.07, 6.45) is 3.61. The van der Waals surface area contributed by atoms with Crippen LogP contribution in [0.1, 0.15) is 35.6 Å². The summed E-state index contributed by atoms with van der Waals surface area (Å²) in [6, 6.07) is 7.08. The Labute approximate surface area is 106 Å². The second kappa shape index (κ2) is 3.84. The molecule has 0 bridgehead atoms. The van der Waals surface area contributed by atoms with Gasteiger partial charge < -0.3 is 15.4 Å². The van der Waals surface area contributed by atoms with Gasteiger partial charge in [-0.25, -0.2) is 0 Å². The molecule has 1 saturated heterocycles. The summed E-state index contributed by atoms with van der Waals surface area (Å²) in [7, 11) is 0. The van der Waals surface area contributed by atoms with E-state index in [2.05, 4.69) is 28.5 Å². The molecule has 2 aliphatic rings. The van der Waals surface area contributed by atoms with E-state index >= 15 is 0 Å². The largest absolute Gasteiger partial charge is 0.390 e. The Morgan fingerprint density at radius 2 is 2.28 bits per heavy atom. The van der Waals surface area contributed by atoms with Gasteiger partial charge in [-0.3, -0.25) is 0 Å². The summed E-state index contributed by atoms with van der Waals surface area (Å²) >= 11 is 0. The van der Waals surface area contributed by atoms with Gasteiger partial charge in [-0.1, -0.05) is 12.1 Å². The lowest BCUT2D eigenvalue weighted by Gasteiger charge is -2.37. The summed E-state index contributed by atoms with van der Waals surface area (Å²) in [6.45, 7) is 1.24. The first-order valence-corrected chi connectivity index (χ1v) is 6.85. The number of nitrogens with one attached hydrogen (secondary N) is 2. The Morgan fingerprint density at radius 1 is 1.33 bits per heavy atom. The molecule has 3 N–H and O–H groups in total. The first-order valence-electron chi connectivity index (χ1n) is 6.85. The second-order valence-electron chi connectivity index (χ2n) is 5.52. The van der Waals surface area contributed by atoms with Crippen LogP contribution in [-0.4, -0.2) is 22.7 Å². The van der Waals surface area contributed by atoms with E-state index in [1.165, 1.54) is 34.9 Å². The third-order valence-electron chi connectivity index (χ3n) is 4.61. The highest BCUT2D eigenvalue weighted by Crippen LogP contribution is 2.41. The summed E-state index contributed by atoms with van der Waals surface area (Å²) in [5, 5.41) is 14.5. The van der Waals surface area contributed by atoms with E-state index in [1.54, 1.807) is 0 Å². The number of hydrogen-bond donors (Lipinski definition) is 3. The molecule has 2 heterocycles. The van der Waals surface area contributed by atoms with Crippen LogP contribution in [-0.2, 0) is 13.0 Å². The number of piperidine rings is 1. The van der Waals surface area contributed by atoms with Crippen molar-refractivity contribution in [2.24, 2.45) is 0 Å². The molecular weight excluding hydrogens is 224 g/mol. The van der Waals surface area contributed by atoms with Crippen molar-refractivity contribution in [1.29, 1.82) is 0 Å². The minimum absolute atomic E-state index is 0.112. The zero-order chi connectivity index (χ0) is 12.1. The van der Waals surface area contributed by atoms with Crippen molar-refractivity contribution in [3.8, 4) is 0 Å². The molecule has 0 spiro atoms. The maximum absolute atomic E-state index is 9.51. The van der Waals surface area contributed by atoms with E-state index in [0.29, 0.717) is 12.0 Å². The number of H-pyrrole nitrogens is 1. The summed E-state index contributed by atoms with van der Waals surface area (Å²) in [5.41, 5.74) is 5.00. The molecule has 3 heteroatoms. The van der Waals surface area contributed by atoms with E-state index in [9.17, 15) is 5.11 Å². The smallest absolute Gasteiger partial charge is 0.0834 e. The highest BCUT2D eigenvalue weighted by atomic mass is 16.3. The van der Waals surface area contributed by atoms with Gasteiger partial charge in [0.05, 0.1) is 6.61 Å². The quantitative estimate of drug-likeness (QED) is 0.717. The Kier molecular flexibility index (Phi) is 2.26. The van der Waals surface area contributed by atoms with Crippen LogP contribution in [0.2, 0.25) is 0 Å². The zero-order valence-electron chi connectivity index (χ0n) is 10.4. The van der Waals surface area contributed by atoms with Crippen LogP contribution in [0, 0.1) is 0 Å². The van der Waals surface area contributed by atoms with Gasteiger partial charge >= 0.3 is 0 Å². The Morgan fingerprint density at radius 3 is 3.17 bits per heavy atom. The predicted molar refractivity (Wildman–Crippen MR) is 71.7 cm³/mol. The van der Waals surface area contributed by atoms with Crippen molar-refractivity contribution >= 4 is 10.9 Å². The van der Waals surface area contributed by atoms with Gasteiger partial charge in [-0.05, 0) is 43.0 Å². The first-order chi connectivity index (χ1) is 8.88. The van der Waals surface area contributed by atoms with Crippen molar-refractivity contribution in [2.45, 2.75) is 37.8 Å². The molecule has 1 aromatic carbocycles. The van der Waals surface area contributed by atoms with E-state index in [4.69, 9.17) is 0 Å². The molecule has 3 nitrogen and oxygen atoms in total. The molecule has 1 fully saturated rings. The Bertz CT molecular complexity index is 602. The van der Waals surface area contributed by atoms with Gasteiger partial charge in [-0.15, -0.1) is 0 Å². The van der Waals surface area contributed by atoms with Gasteiger partial charge in [0.25, 0.3) is 0 Å². The number of aromatic amines is 1. The fraction of sp³-hybridized carbons (Fsp3) is 0.467. The lowest BCUT2D eigenvalue weighted by atomic mass is 9.75. The van der Waals surface area contributed by atoms with Crippen LogP contribution in [0.4, 0.5) is 0 Å². The maximum atomic E-state index is 9.51. The molecule has 18 heavy (non-hydrogen) atoms. The van der Waals surface area contributed by atoms with Crippen LogP contribution in [0.5, 0.6) is 0 Å². The maximum Gasteiger partial charge on any atom is 0.0834 e. The topological polar surface area (TPSA) is 48.0 Å². The van der Waals surface area contributed by atoms with Crippen LogP contribution in [0.25, 0.3) is 10.9 Å².